The van der Waals surface area contributed by atoms with E-state index in [4.69, 9.17) is 5.11 Å². The van der Waals surface area contributed by atoms with Crippen molar-refractivity contribution in [3.63, 3.8) is 0 Å². The first-order valence-corrected chi connectivity index (χ1v) is 7.86. The van der Waals surface area contributed by atoms with Crippen LogP contribution in [0.15, 0.2) is 6.20 Å². The molecule has 1 atom stereocenters. The van der Waals surface area contributed by atoms with E-state index in [0.717, 1.165) is 11.3 Å². The maximum absolute atomic E-state index is 8.77. The van der Waals surface area contributed by atoms with Crippen molar-refractivity contribution in [1.82, 2.24) is 9.55 Å². The molecule has 1 N–H and O–H groups in total. The van der Waals surface area contributed by atoms with Gasteiger partial charge in [-0.15, -0.1) is 0 Å². The summed E-state index contributed by atoms with van der Waals surface area (Å²) in [5.74, 6) is 0. The van der Waals surface area contributed by atoms with Gasteiger partial charge in [-0.05, 0) is 29.0 Å². The van der Waals surface area contributed by atoms with Crippen LogP contribution in [0.4, 0.5) is 0 Å². The standard InChI is InChI=1S/C5H8IN2OP.C2H6/c1-4-5(3-9)2-8(7-4)10-6;1-2/h2,9-10H,3H2,1H3;1-2H3. The number of aryl methyl sites for hydroxylation is 1. The lowest BCUT2D eigenvalue weighted by Crippen LogP contribution is -1.81. The Morgan fingerprint density at radius 3 is 2.50 bits per heavy atom. The van der Waals surface area contributed by atoms with Crippen LogP contribution in [-0.2, 0) is 6.61 Å². The molecule has 0 aromatic carbocycles. The van der Waals surface area contributed by atoms with Crippen molar-refractivity contribution in [1.29, 1.82) is 0 Å². The summed E-state index contributed by atoms with van der Waals surface area (Å²) < 4.78 is 1.83. The first-order chi connectivity index (χ1) is 5.77. The Morgan fingerprint density at radius 1 is 1.67 bits per heavy atom. The van der Waals surface area contributed by atoms with Gasteiger partial charge >= 0.3 is 0 Å². The van der Waals surface area contributed by atoms with Crippen LogP contribution in [0.3, 0.4) is 0 Å². The number of hydrogen-bond donors (Lipinski definition) is 1. The lowest BCUT2D eigenvalue weighted by atomic mass is 10.3. The number of nitrogens with zero attached hydrogens (tertiary/aromatic N) is 2. The van der Waals surface area contributed by atoms with Gasteiger partial charge in [0.25, 0.3) is 0 Å². The summed E-state index contributed by atoms with van der Waals surface area (Å²) in [6.07, 6.45) is 2.49. The fraction of sp³-hybridized carbons (Fsp3) is 0.571. The Bertz CT molecular complexity index is 227. The van der Waals surface area contributed by atoms with Crippen LogP contribution in [0.1, 0.15) is 25.1 Å². The van der Waals surface area contributed by atoms with Gasteiger partial charge in [0.1, 0.15) is 0 Å². The average Bonchev–Trinajstić information content (AvgIpc) is 2.49. The molecule has 3 nitrogen and oxygen atoms in total. The maximum atomic E-state index is 8.77. The van der Waals surface area contributed by atoms with Crippen LogP contribution in [-0.4, -0.2) is 14.7 Å². The molecular weight excluding hydrogens is 286 g/mol. The molecule has 0 aliphatic rings. The Hall–Kier alpha value is 0.330. The molecule has 12 heavy (non-hydrogen) atoms. The largest absolute Gasteiger partial charge is 0.392 e. The molecule has 0 saturated carbocycles. The topological polar surface area (TPSA) is 38.0 Å². The molecule has 70 valence electrons. The van der Waals surface area contributed by atoms with E-state index in [1.165, 1.54) is 0 Å². The highest BCUT2D eigenvalue weighted by molar-refractivity contribution is 14.2. The predicted octanol–water partition coefficient (Wildman–Crippen LogP) is 2.50. The average molecular weight is 300 g/mol. The van der Waals surface area contributed by atoms with Crippen LogP contribution >= 0.6 is 28.4 Å². The second-order valence-electron chi connectivity index (χ2n) is 1.93. The molecule has 0 aliphatic heterocycles. The highest BCUT2D eigenvalue weighted by atomic mass is 127. The predicted molar refractivity (Wildman–Crippen MR) is 62.0 cm³/mol. The van der Waals surface area contributed by atoms with Crippen LogP contribution in [0.25, 0.3) is 0 Å². The van der Waals surface area contributed by atoms with Gasteiger partial charge in [-0.2, -0.15) is 5.10 Å². The van der Waals surface area contributed by atoms with Gasteiger partial charge in [0.2, 0.25) is 0 Å². The summed E-state index contributed by atoms with van der Waals surface area (Å²) in [6.45, 7) is 5.99. The molecule has 0 fully saturated rings. The van der Waals surface area contributed by atoms with Crippen molar-refractivity contribution >= 4 is 28.4 Å². The Kier molecular flexibility index (Phi) is 6.99. The number of hydrogen-bond acceptors (Lipinski definition) is 2. The fourth-order valence-corrected chi connectivity index (χ4v) is 1.83. The van der Waals surface area contributed by atoms with E-state index in [-0.39, 0.29) is 6.61 Å². The van der Waals surface area contributed by atoms with Crippen LogP contribution in [0, 0.1) is 6.92 Å². The van der Waals surface area contributed by atoms with Crippen molar-refractivity contribution in [3.05, 3.63) is 17.5 Å². The molecule has 0 radical (unpaired) electrons. The minimum atomic E-state index is 0.0902. The normalized spacial score (nSPS) is 10.1. The van der Waals surface area contributed by atoms with Crippen molar-refractivity contribution < 1.29 is 5.11 Å². The van der Waals surface area contributed by atoms with Crippen molar-refractivity contribution in [3.8, 4) is 0 Å². The molecule has 0 saturated heterocycles. The highest BCUT2D eigenvalue weighted by Crippen LogP contribution is 2.23. The van der Waals surface area contributed by atoms with Gasteiger partial charge in [0.15, 0.2) is 0 Å². The SMILES string of the molecule is CC.Cc1nn(PI)cc1CO. The zero-order chi connectivity index (χ0) is 9.56. The summed E-state index contributed by atoms with van der Waals surface area (Å²) >= 11 is 2.25. The second-order valence-corrected chi connectivity index (χ2v) is 4.00. The quantitative estimate of drug-likeness (QED) is 0.673. The van der Waals surface area contributed by atoms with E-state index < -0.39 is 0 Å². The number of aliphatic hydroxyl groups excluding tert-OH is 1. The monoisotopic (exact) mass is 300 g/mol. The number of halogens is 1. The summed E-state index contributed by atoms with van der Waals surface area (Å²) in [5, 5.41) is 12.9. The molecule has 1 heterocycles. The molecule has 1 unspecified atom stereocenters. The molecule has 1 aromatic rings. The lowest BCUT2D eigenvalue weighted by Gasteiger charge is -1.87. The van der Waals surface area contributed by atoms with E-state index in [2.05, 4.69) is 27.1 Å². The van der Waals surface area contributed by atoms with Crippen molar-refractivity contribution in [2.45, 2.75) is 27.4 Å². The first kappa shape index (κ1) is 12.3. The molecule has 1 aromatic heterocycles. The molecule has 0 aliphatic carbocycles. The summed E-state index contributed by atoms with van der Waals surface area (Å²) in [6, 6.07) is 0. The van der Waals surface area contributed by atoms with Gasteiger partial charge in [-0.1, -0.05) is 13.8 Å². The molecule has 0 bridgehead atoms. The Morgan fingerprint density at radius 2 is 2.25 bits per heavy atom. The Labute approximate surface area is 87.9 Å². The molecule has 0 amide bonds. The van der Waals surface area contributed by atoms with E-state index in [1.807, 2.05) is 31.4 Å². The van der Waals surface area contributed by atoms with Crippen LogP contribution in [0.5, 0.6) is 0 Å². The Balaban J connectivity index is 0.000000561. The summed E-state index contributed by atoms with van der Waals surface area (Å²) in [5.41, 5.74) is 1.84. The van der Waals surface area contributed by atoms with E-state index in [1.54, 1.807) is 0 Å². The van der Waals surface area contributed by atoms with Crippen LogP contribution in [0.2, 0.25) is 0 Å². The number of aliphatic hydroxyl groups is 1. The molecular formula is C7H14IN2OP. The first-order valence-electron chi connectivity index (χ1n) is 3.80. The zero-order valence-corrected chi connectivity index (χ0v) is 10.7. The minimum Gasteiger partial charge on any atom is -0.392 e. The zero-order valence-electron chi connectivity index (χ0n) is 7.50. The summed E-state index contributed by atoms with van der Waals surface area (Å²) in [4.78, 5) is 0. The van der Waals surface area contributed by atoms with Gasteiger partial charge in [0.05, 0.1) is 18.7 Å². The highest BCUT2D eigenvalue weighted by Gasteiger charge is 2.00. The molecule has 5 heteroatoms. The van der Waals surface area contributed by atoms with E-state index in [0.29, 0.717) is 6.37 Å². The van der Waals surface area contributed by atoms with Gasteiger partial charge in [-0.25, -0.2) is 4.45 Å². The number of aromatic nitrogens is 2. The van der Waals surface area contributed by atoms with Crippen molar-refractivity contribution in [2.75, 3.05) is 0 Å². The smallest absolute Gasteiger partial charge is 0.0715 e. The van der Waals surface area contributed by atoms with Gasteiger partial charge in [-0.3, -0.25) is 0 Å². The fourth-order valence-electron chi connectivity index (χ4n) is 0.694. The second kappa shape index (κ2) is 6.80. The lowest BCUT2D eigenvalue weighted by molar-refractivity contribution is 0.281. The third-order valence-electron chi connectivity index (χ3n) is 1.26. The summed E-state index contributed by atoms with van der Waals surface area (Å²) in [7, 11) is 0. The van der Waals surface area contributed by atoms with Gasteiger partial charge in [0, 0.05) is 11.8 Å². The van der Waals surface area contributed by atoms with Gasteiger partial charge < -0.3 is 5.11 Å². The van der Waals surface area contributed by atoms with Crippen LogP contribution < -0.4 is 0 Å². The van der Waals surface area contributed by atoms with Crippen molar-refractivity contribution in [2.24, 2.45) is 0 Å². The molecule has 0 spiro atoms. The third kappa shape index (κ3) is 3.37. The van der Waals surface area contributed by atoms with E-state index in [9.17, 15) is 0 Å². The molecule has 1 rings (SSSR count). The maximum Gasteiger partial charge on any atom is 0.0715 e. The third-order valence-corrected chi connectivity index (χ3v) is 3.14. The number of rotatable bonds is 2. The van der Waals surface area contributed by atoms with E-state index >= 15 is 0 Å². The minimum absolute atomic E-state index is 0.0902.